The second kappa shape index (κ2) is 9.24. The first-order chi connectivity index (χ1) is 15.7. The highest BCUT2D eigenvalue weighted by Gasteiger charge is 2.25. The molecule has 1 aliphatic rings. The summed E-state index contributed by atoms with van der Waals surface area (Å²) in [5.74, 6) is 0.341. The third kappa shape index (κ3) is 4.94. The van der Waals surface area contributed by atoms with E-state index in [-0.39, 0.29) is 29.2 Å². The van der Waals surface area contributed by atoms with Crippen molar-refractivity contribution in [1.29, 1.82) is 0 Å². The van der Waals surface area contributed by atoms with Crippen LogP contribution in [0.1, 0.15) is 42.4 Å². The zero-order valence-electron chi connectivity index (χ0n) is 18.8. The number of carbonyl (C=O) groups is 2. The summed E-state index contributed by atoms with van der Waals surface area (Å²) in [6, 6.07) is 6.86. The van der Waals surface area contributed by atoms with Gasteiger partial charge in [-0.15, -0.1) is 11.3 Å². The Morgan fingerprint density at radius 2 is 2.00 bits per heavy atom. The van der Waals surface area contributed by atoms with Crippen molar-refractivity contribution in [1.82, 2.24) is 19.2 Å². The highest BCUT2D eigenvalue weighted by atomic mass is 32.2. The Morgan fingerprint density at radius 3 is 2.67 bits per heavy atom. The topological polar surface area (TPSA) is 113 Å². The number of aromatic nitrogens is 2. The van der Waals surface area contributed by atoms with Crippen molar-refractivity contribution in [3.8, 4) is 0 Å². The van der Waals surface area contributed by atoms with Gasteiger partial charge in [-0.3, -0.25) is 9.59 Å². The van der Waals surface area contributed by atoms with E-state index in [4.69, 9.17) is 0 Å². The lowest BCUT2D eigenvalue weighted by atomic mass is 10.2. The number of hydrogen-bond acceptors (Lipinski definition) is 6. The highest BCUT2D eigenvalue weighted by molar-refractivity contribution is 7.89. The van der Waals surface area contributed by atoms with Gasteiger partial charge in [0.25, 0.3) is 5.91 Å². The van der Waals surface area contributed by atoms with Crippen molar-refractivity contribution in [3.05, 3.63) is 41.0 Å². The molecule has 1 aliphatic carbocycles. The number of fused-ring (bicyclic) bond motifs is 1. The van der Waals surface area contributed by atoms with Crippen LogP contribution in [0.3, 0.4) is 0 Å². The molecule has 11 heteroatoms. The third-order valence-corrected chi connectivity index (χ3v) is 8.19. The maximum Gasteiger partial charge on any atom is 0.254 e. The van der Waals surface area contributed by atoms with Gasteiger partial charge in [0.05, 0.1) is 21.5 Å². The largest absolute Gasteiger partial charge is 0.349 e. The van der Waals surface area contributed by atoms with Gasteiger partial charge < -0.3 is 15.2 Å². The molecule has 2 amide bonds. The maximum absolute atomic E-state index is 12.6. The summed E-state index contributed by atoms with van der Waals surface area (Å²) in [4.78, 5) is 29.7. The number of hydrogen-bond donors (Lipinski definition) is 2. The van der Waals surface area contributed by atoms with Crippen molar-refractivity contribution in [2.75, 3.05) is 19.4 Å². The van der Waals surface area contributed by atoms with Crippen LogP contribution in [-0.4, -0.2) is 54.2 Å². The Kier molecular flexibility index (Phi) is 6.55. The Hall–Kier alpha value is -2.76. The SMILES string of the molecule is CCn1c(CCC(=O)Nc2sccc2C(=O)NC2CC2)nc2cc(S(=O)(=O)N(C)C)ccc21. The second-order valence-corrected chi connectivity index (χ2v) is 11.2. The van der Waals surface area contributed by atoms with Crippen LogP contribution in [0.25, 0.3) is 11.0 Å². The first-order valence-electron chi connectivity index (χ1n) is 10.8. The number of imidazole rings is 1. The minimum Gasteiger partial charge on any atom is -0.349 e. The monoisotopic (exact) mass is 489 g/mol. The lowest BCUT2D eigenvalue weighted by molar-refractivity contribution is -0.116. The molecule has 2 heterocycles. The van der Waals surface area contributed by atoms with Crippen molar-refractivity contribution in [2.24, 2.45) is 0 Å². The van der Waals surface area contributed by atoms with Crippen molar-refractivity contribution >= 4 is 49.2 Å². The number of anilines is 1. The quantitative estimate of drug-likeness (QED) is 0.480. The van der Waals surface area contributed by atoms with Gasteiger partial charge in [-0.1, -0.05) is 0 Å². The fraction of sp³-hybridized carbons (Fsp3) is 0.409. The molecule has 0 spiro atoms. The number of carbonyl (C=O) groups excluding carboxylic acids is 2. The second-order valence-electron chi connectivity index (χ2n) is 8.17. The molecule has 1 saturated carbocycles. The molecule has 33 heavy (non-hydrogen) atoms. The first-order valence-corrected chi connectivity index (χ1v) is 13.1. The number of rotatable bonds is 9. The number of nitrogens with zero attached hydrogens (tertiary/aromatic N) is 3. The van der Waals surface area contributed by atoms with Crippen LogP contribution >= 0.6 is 11.3 Å². The zero-order valence-corrected chi connectivity index (χ0v) is 20.4. The molecule has 0 saturated heterocycles. The Balaban J connectivity index is 1.47. The van der Waals surface area contributed by atoms with Crippen LogP contribution in [0.4, 0.5) is 5.00 Å². The van der Waals surface area contributed by atoms with Crippen LogP contribution < -0.4 is 10.6 Å². The van der Waals surface area contributed by atoms with E-state index in [1.165, 1.54) is 29.7 Å². The van der Waals surface area contributed by atoms with Crippen LogP contribution in [-0.2, 0) is 27.8 Å². The van der Waals surface area contributed by atoms with E-state index in [0.29, 0.717) is 34.9 Å². The highest BCUT2D eigenvalue weighted by Crippen LogP contribution is 2.26. The van der Waals surface area contributed by atoms with Gasteiger partial charge in [0.2, 0.25) is 15.9 Å². The fourth-order valence-corrected chi connectivity index (χ4v) is 5.29. The van der Waals surface area contributed by atoms with Gasteiger partial charge >= 0.3 is 0 Å². The maximum atomic E-state index is 12.6. The van der Waals surface area contributed by atoms with Crippen LogP contribution in [0.5, 0.6) is 0 Å². The number of benzene rings is 1. The molecule has 1 aromatic carbocycles. The molecule has 3 aromatic rings. The molecule has 1 fully saturated rings. The van der Waals surface area contributed by atoms with Crippen LogP contribution in [0.15, 0.2) is 34.5 Å². The summed E-state index contributed by atoms with van der Waals surface area (Å²) in [6.07, 6.45) is 2.57. The number of amides is 2. The average Bonchev–Trinajstić information content (AvgIpc) is 3.34. The molecule has 0 aliphatic heterocycles. The Labute approximate surface area is 196 Å². The predicted molar refractivity (Wildman–Crippen MR) is 128 cm³/mol. The number of nitrogens with one attached hydrogen (secondary N) is 2. The number of thiophene rings is 1. The average molecular weight is 490 g/mol. The van der Waals surface area contributed by atoms with E-state index in [9.17, 15) is 18.0 Å². The summed E-state index contributed by atoms with van der Waals surface area (Å²) in [6.45, 7) is 2.62. The summed E-state index contributed by atoms with van der Waals surface area (Å²) < 4.78 is 28.1. The third-order valence-electron chi connectivity index (χ3n) is 5.54. The van der Waals surface area contributed by atoms with Crippen LogP contribution in [0.2, 0.25) is 0 Å². The number of sulfonamides is 1. The van der Waals surface area contributed by atoms with E-state index in [1.807, 2.05) is 11.5 Å². The van der Waals surface area contributed by atoms with Gasteiger partial charge in [0.1, 0.15) is 10.8 Å². The van der Waals surface area contributed by atoms with Crippen LogP contribution in [0, 0.1) is 0 Å². The molecule has 176 valence electrons. The summed E-state index contributed by atoms with van der Waals surface area (Å²) >= 11 is 1.32. The summed E-state index contributed by atoms with van der Waals surface area (Å²) in [5, 5.41) is 8.11. The minimum atomic E-state index is -3.56. The van der Waals surface area contributed by atoms with Gasteiger partial charge in [0.15, 0.2) is 0 Å². The van der Waals surface area contributed by atoms with Crippen molar-refractivity contribution < 1.29 is 18.0 Å². The standard InChI is InChI=1S/C22H27N5O4S2/c1-4-27-18-8-7-15(33(30,31)26(2)3)13-17(18)24-19(27)9-10-20(28)25-22-16(11-12-32-22)21(29)23-14-5-6-14/h7-8,11-14H,4-6,9-10H2,1-3H3,(H,23,29)(H,25,28). The predicted octanol–water partition coefficient (Wildman–Crippen LogP) is 2.83. The molecular weight excluding hydrogens is 462 g/mol. The normalized spacial score (nSPS) is 14.1. The zero-order chi connectivity index (χ0) is 23.8. The summed E-state index contributed by atoms with van der Waals surface area (Å²) in [7, 11) is -0.582. The molecule has 0 radical (unpaired) electrons. The van der Waals surface area contributed by atoms with E-state index >= 15 is 0 Å². The lowest BCUT2D eigenvalue weighted by Crippen LogP contribution is -2.26. The molecule has 9 nitrogen and oxygen atoms in total. The molecule has 0 atom stereocenters. The minimum absolute atomic E-state index is 0.162. The van der Waals surface area contributed by atoms with E-state index in [1.54, 1.807) is 29.6 Å². The Bertz CT molecular complexity index is 1310. The van der Waals surface area contributed by atoms with E-state index < -0.39 is 10.0 Å². The van der Waals surface area contributed by atoms with E-state index in [2.05, 4.69) is 15.6 Å². The van der Waals surface area contributed by atoms with Gasteiger partial charge in [-0.05, 0) is 49.4 Å². The lowest BCUT2D eigenvalue weighted by Gasteiger charge is -2.11. The molecule has 4 rings (SSSR count). The van der Waals surface area contributed by atoms with Gasteiger partial charge in [-0.2, -0.15) is 0 Å². The molecule has 2 aromatic heterocycles. The number of aryl methyl sites for hydroxylation is 2. The molecule has 0 bridgehead atoms. The molecule has 0 unspecified atom stereocenters. The van der Waals surface area contributed by atoms with Crippen molar-refractivity contribution in [3.63, 3.8) is 0 Å². The fourth-order valence-electron chi connectivity index (χ4n) is 3.56. The van der Waals surface area contributed by atoms with Gasteiger partial charge in [-0.25, -0.2) is 17.7 Å². The Morgan fingerprint density at radius 1 is 1.24 bits per heavy atom. The first kappa shape index (κ1) is 23.4. The van der Waals surface area contributed by atoms with Gasteiger partial charge in [0, 0.05) is 39.5 Å². The smallest absolute Gasteiger partial charge is 0.254 e. The molecule has 2 N–H and O–H groups in total. The van der Waals surface area contributed by atoms with E-state index in [0.717, 1.165) is 18.4 Å². The summed E-state index contributed by atoms with van der Waals surface area (Å²) in [5.41, 5.74) is 1.88. The van der Waals surface area contributed by atoms with Crippen molar-refractivity contribution in [2.45, 2.75) is 50.1 Å². The molecular formula is C22H27N5O4S2.